The van der Waals surface area contributed by atoms with Gasteiger partial charge in [-0.15, -0.1) is 0 Å². The van der Waals surface area contributed by atoms with Crippen molar-refractivity contribution in [1.29, 1.82) is 0 Å². The van der Waals surface area contributed by atoms with Crippen molar-refractivity contribution in [2.24, 2.45) is 22.2 Å². The second kappa shape index (κ2) is 2.49. The molecule has 84 valence electrons. The molecule has 0 N–H and O–H groups in total. The van der Waals surface area contributed by atoms with Crippen LogP contribution in [-0.2, 0) is 4.79 Å². The van der Waals surface area contributed by atoms with Crippen molar-refractivity contribution in [3.8, 4) is 0 Å². The molecule has 1 heteroatoms. The lowest BCUT2D eigenvalue weighted by molar-refractivity contribution is -0.137. The second-order valence-electron chi connectivity index (χ2n) is 6.84. The molecule has 15 heavy (non-hydrogen) atoms. The minimum atomic E-state index is 0.00199. The predicted molar refractivity (Wildman–Crippen MR) is 60.5 cm³/mol. The zero-order valence-corrected chi connectivity index (χ0v) is 10.2. The van der Waals surface area contributed by atoms with E-state index in [1.165, 1.54) is 32.1 Å². The molecule has 3 aliphatic rings. The largest absolute Gasteiger partial charge is 0.298 e. The highest BCUT2D eigenvalue weighted by Crippen LogP contribution is 2.73. The first-order valence-corrected chi connectivity index (χ1v) is 6.50. The number of hydrogen-bond donors (Lipinski definition) is 0. The number of fused-ring (bicyclic) bond motifs is 3. The first-order valence-electron chi connectivity index (χ1n) is 6.50. The van der Waals surface area contributed by atoms with Crippen LogP contribution in [0.5, 0.6) is 0 Å². The molecule has 0 aromatic rings. The van der Waals surface area contributed by atoms with Gasteiger partial charge in [0.15, 0.2) is 0 Å². The third-order valence-corrected chi connectivity index (χ3v) is 6.34. The van der Waals surface area contributed by atoms with Crippen molar-refractivity contribution in [2.75, 3.05) is 0 Å². The van der Waals surface area contributed by atoms with Crippen LogP contribution in [0.15, 0.2) is 0 Å². The Balaban J connectivity index is 2.14. The Morgan fingerprint density at radius 2 is 1.67 bits per heavy atom. The van der Waals surface area contributed by atoms with E-state index in [1.54, 1.807) is 0 Å². The van der Waals surface area contributed by atoms with Gasteiger partial charge in [0.05, 0.1) is 0 Å². The van der Waals surface area contributed by atoms with Gasteiger partial charge < -0.3 is 0 Å². The normalized spacial score (nSPS) is 45.5. The fourth-order valence-corrected chi connectivity index (χ4v) is 5.16. The molecule has 0 saturated heterocycles. The molecule has 3 rings (SSSR count). The SMILES string of the molecule is CC1(C)[C@@H]2CC[C@@]1(C)C(=O)C21CCCC1. The van der Waals surface area contributed by atoms with Crippen LogP contribution in [0.25, 0.3) is 0 Å². The summed E-state index contributed by atoms with van der Waals surface area (Å²) in [4.78, 5) is 12.7. The average Bonchev–Trinajstić information content (AvgIpc) is 2.74. The van der Waals surface area contributed by atoms with Crippen LogP contribution in [0.2, 0.25) is 0 Å². The van der Waals surface area contributed by atoms with Gasteiger partial charge in [-0.2, -0.15) is 0 Å². The highest BCUT2D eigenvalue weighted by atomic mass is 16.1. The van der Waals surface area contributed by atoms with E-state index in [1.807, 2.05) is 0 Å². The molecule has 0 heterocycles. The van der Waals surface area contributed by atoms with E-state index in [0.29, 0.717) is 11.7 Å². The van der Waals surface area contributed by atoms with Gasteiger partial charge in [0, 0.05) is 10.8 Å². The van der Waals surface area contributed by atoms with Gasteiger partial charge in [0.1, 0.15) is 5.78 Å². The number of Topliss-reactive ketones (excluding diaryl/α,β-unsaturated/α-hetero) is 1. The van der Waals surface area contributed by atoms with Crippen LogP contribution in [0.4, 0.5) is 0 Å². The first-order chi connectivity index (χ1) is 6.95. The summed E-state index contributed by atoms with van der Waals surface area (Å²) in [6, 6.07) is 0. The molecule has 0 aromatic heterocycles. The summed E-state index contributed by atoms with van der Waals surface area (Å²) < 4.78 is 0. The summed E-state index contributed by atoms with van der Waals surface area (Å²) in [5.74, 6) is 1.32. The molecule has 3 saturated carbocycles. The molecule has 0 radical (unpaired) electrons. The fraction of sp³-hybridized carbons (Fsp3) is 0.929. The van der Waals surface area contributed by atoms with E-state index in [0.717, 1.165) is 6.42 Å². The van der Waals surface area contributed by atoms with E-state index in [9.17, 15) is 4.79 Å². The van der Waals surface area contributed by atoms with Crippen molar-refractivity contribution in [1.82, 2.24) is 0 Å². The summed E-state index contributed by atoms with van der Waals surface area (Å²) >= 11 is 0. The maximum absolute atomic E-state index is 12.7. The van der Waals surface area contributed by atoms with Crippen molar-refractivity contribution < 1.29 is 4.79 Å². The van der Waals surface area contributed by atoms with Crippen LogP contribution in [-0.4, -0.2) is 5.78 Å². The first kappa shape index (κ1) is 9.86. The lowest BCUT2D eigenvalue weighted by Crippen LogP contribution is -2.38. The Labute approximate surface area is 92.6 Å². The maximum Gasteiger partial charge on any atom is 0.145 e. The third kappa shape index (κ3) is 0.819. The monoisotopic (exact) mass is 206 g/mol. The Bertz CT molecular complexity index is 322. The average molecular weight is 206 g/mol. The van der Waals surface area contributed by atoms with Gasteiger partial charge in [-0.3, -0.25) is 4.79 Å². The number of hydrogen-bond acceptors (Lipinski definition) is 1. The van der Waals surface area contributed by atoms with Gasteiger partial charge in [-0.25, -0.2) is 0 Å². The van der Waals surface area contributed by atoms with Crippen molar-refractivity contribution >= 4 is 5.78 Å². The predicted octanol–water partition coefficient (Wildman–Crippen LogP) is 3.57. The molecular formula is C14H22O. The standard InChI is InChI=1S/C14H22O/c1-12(2)10-6-9-13(12,3)11(15)14(10)7-4-5-8-14/h10H,4-9H2,1-3H3/t10-,13-/m0/s1. The highest BCUT2D eigenvalue weighted by Gasteiger charge is 2.72. The highest BCUT2D eigenvalue weighted by molar-refractivity contribution is 5.95. The van der Waals surface area contributed by atoms with Crippen molar-refractivity contribution in [3.63, 3.8) is 0 Å². The smallest absolute Gasteiger partial charge is 0.145 e. The number of ketones is 1. The molecule has 0 aromatic carbocycles. The summed E-state index contributed by atoms with van der Waals surface area (Å²) in [7, 11) is 0. The minimum Gasteiger partial charge on any atom is -0.298 e. The molecule has 0 amide bonds. The van der Waals surface area contributed by atoms with Crippen LogP contribution >= 0.6 is 0 Å². The van der Waals surface area contributed by atoms with E-state index >= 15 is 0 Å². The van der Waals surface area contributed by atoms with Gasteiger partial charge in [0.2, 0.25) is 0 Å². The maximum atomic E-state index is 12.7. The fourth-order valence-electron chi connectivity index (χ4n) is 5.16. The van der Waals surface area contributed by atoms with Gasteiger partial charge in [0.25, 0.3) is 0 Å². The van der Waals surface area contributed by atoms with Gasteiger partial charge >= 0.3 is 0 Å². The summed E-state index contributed by atoms with van der Waals surface area (Å²) in [6.07, 6.45) is 7.40. The van der Waals surface area contributed by atoms with E-state index in [2.05, 4.69) is 20.8 Å². The van der Waals surface area contributed by atoms with Gasteiger partial charge in [-0.05, 0) is 37.0 Å². The molecule has 3 aliphatic carbocycles. The van der Waals surface area contributed by atoms with Crippen molar-refractivity contribution in [3.05, 3.63) is 0 Å². The van der Waals surface area contributed by atoms with Crippen LogP contribution in [0.1, 0.15) is 59.3 Å². The third-order valence-electron chi connectivity index (χ3n) is 6.34. The van der Waals surface area contributed by atoms with E-state index in [-0.39, 0.29) is 16.2 Å². The molecular weight excluding hydrogens is 184 g/mol. The molecule has 2 bridgehead atoms. The quantitative estimate of drug-likeness (QED) is 0.592. The Morgan fingerprint density at radius 1 is 1.07 bits per heavy atom. The molecule has 0 aliphatic heterocycles. The summed E-state index contributed by atoms with van der Waals surface area (Å²) in [6.45, 7) is 6.92. The van der Waals surface area contributed by atoms with Crippen LogP contribution < -0.4 is 0 Å². The van der Waals surface area contributed by atoms with E-state index in [4.69, 9.17) is 0 Å². The number of carbonyl (C=O) groups is 1. The Morgan fingerprint density at radius 3 is 2.13 bits per heavy atom. The number of rotatable bonds is 0. The Kier molecular flexibility index (Phi) is 1.64. The number of carbonyl (C=O) groups excluding carboxylic acids is 1. The molecule has 1 nitrogen and oxygen atoms in total. The molecule has 2 atom stereocenters. The molecule has 3 fully saturated rings. The summed E-state index contributed by atoms with van der Waals surface area (Å²) in [5.41, 5.74) is 0.382. The lowest BCUT2D eigenvalue weighted by atomic mass is 9.68. The molecule has 1 spiro atoms. The zero-order chi connectivity index (χ0) is 10.9. The topological polar surface area (TPSA) is 17.1 Å². The second-order valence-corrected chi connectivity index (χ2v) is 6.84. The van der Waals surface area contributed by atoms with E-state index < -0.39 is 0 Å². The lowest BCUT2D eigenvalue weighted by Gasteiger charge is -2.34. The van der Waals surface area contributed by atoms with Crippen molar-refractivity contribution in [2.45, 2.75) is 59.3 Å². The van der Waals surface area contributed by atoms with Gasteiger partial charge in [-0.1, -0.05) is 33.6 Å². The molecule has 0 unspecified atom stereocenters. The van der Waals surface area contributed by atoms with Crippen LogP contribution in [0, 0.1) is 22.2 Å². The van der Waals surface area contributed by atoms with Crippen LogP contribution in [0.3, 0.4) is 0 Å². The Hall–Kier alpha value is -0.330. The minimum absolute atomic E-state index is 0.00199. The summed E-state index contributed by atoms with van der Waals surface area (Å²) in [5, 5.41) is 0. The zero-order valence-electron chi connectivity index (χ0n) is 10.2.